The molecule has 3 saturated heterocycles. The Bertz CT molecular complexity index is 1780. The van der Waals surface area contributed by atoms with E-state index in [2.05, 4.69) is 20.9 Å². The lowest BCUT2D eigenvalue weighted by Crippen LogP contribution is -2.37. The van der Waals surface area contributed by atoms with E-state index < -0.39 is 17.3 Å². The molecule has 5 heterocycles. The van der Waals surface area contributed by atoms with E-state index in [9.17, 15) is 18.0 Å². The van der Waals surface area contributed by atoms with Gasteiger partial charge in [-0.3, -0.25) is 9.36 Å². The van der Waals surface area contributed by atoms with Crippen LogP contribution < -0.4 is 26.2 Å². The van der Waals surface area contributed by atoms with Crippen LogP contribution in [0.25, 0.3) is 22.2 Å². The largest absolute Gasteiger partial charge is 0.489 e. The van der Waals surface area contributed by atoms with E-state index in [0.29, 0.717) is 42.9 Å². The second kappa shape index (κ2) is 14.2. The summed E-state index contributed by atoms with van der Waals surface area (Å²) in [5, 5.41) is 10.3. The van der Waals surface area contributed by atoms with E-state index in [1.807, 2.05) is 24.3 Å². The fourth-order valence-electron chi connectivity index (χ4n) is 7.05. The van der Waals surface area contributed by atoms with Crippen LogP contribution >= 0.6 is 0 Å². The highest BCUT2D eigenvalue weighted by atomic mass is 19.4. The summed E-state index contributed by atoms with van der Waals surface area (Å²) < 4.78 is 57.0. The quantitative estimate of drug-likeness (QED) is 0.204. The number of piperidine rings is 2. The van der Waals surface area contributed by atoms with E-state index in [1.54, 1.807) is 12.3 Å². The molecule has 7 rings (SSSR count). The van der Waals surface area contributed by atoms with Crippen molar-refractivity contribution in [2.24, 2.45) is 5.92 Å². The van der Waals surface area contributed by atoms with Crippen molar-refractivity contribution in [3.63, 3.8) is 0 Å². The number of ether oxygens (including phenoxy) is 2. The number of nitrogens with zero attached hydrogens (tertiary/aromatic N) is 3. The highest BCUT2D eigenvalue weighted by Gasteiger charge is 2.36. The van der Waals surface area contributed by atoms with E-state index in [-0.39, 0.29) is 35.0 Å². The molecule has 3 aliphatic rings. The molecule has 3 N–H and O–H groups in total. The molecule has 2 aromatic heterocycles. The number of alkyl halides is 3. The molecule has 0 saturated carbocycles. The van der Waals surface area contributed by atoms with Gasteiger partial charge < -0.3 is 25.4 Å². The van der Waals surface area contributed by atoms with Crippen molar-refractivity contribution in [1.82, 2.24) is 25.2 Å². The van der Waals surface area contributed by atoms with E-state index >= 15 is 0 Å². The predicted octanol–water partition coefficient (Wildman–Crippen LogP) is 6.25. The SMILES string of the molecule is O=c1c(-c2ccc(C3CCCNC3)cc2C(F)(F)F)cc2cnc(Nc3ccc(OC4CCCNC4)cc3)nc2n1CC1CCOCC1. The fourth-order valence-corrected chi connectivity index (χ4v) is 7.05. The van der Waals surface area contributed by atoms with Gasteiger partial charge in [0, 0.05) is 55.7 Å². The molecule has 2 aromatic carbocycles. The molecule has 0 spiro atoms. The Morgan fingerprint density at radius 1 is 0.938 bits per heavy atom. The number of hydrogen-bond donors (Lipinski definition) is 3. The van der Waals surface area contributed by atoms with Gasteiger partial charge in [-0.2, -0.15) is 18.2 Å². The van der Waals surface area contributed by atoms with Gasteiger partial charge in [0.2, 0.25) is 5.95 Å². The molecule has 0 radical (unpaired) electrons. The first-order chi connectivity index (χ1) is 23.3. The fraction of sp³-hybridized carbons (Fsp3) is 0.472. The minimum atomic E-state index is -4.64. The molecule has 2 unspecified atom stereocenters. The van der Waals surface area contributed by atoms with Gasteiger partial charge in [-0.05, 0) is 111 Å². The van der Waals surface area contributed by atoms with Crippen LogP contribution in [-0.2, 0) is 17.5 Å². The first-order valence-electron chi connectivity index (χ1n) is 17.0. The number of fused-ring (bicyclic) bond motifs is 1. The van der Waals surface area contributed by atoms with E-state index in [4.69, 9.17) is 14.5 Å². The third kappa shape index (κ3) is 7.35. The molecule has 4 aromatic rings. The number of rotatable bonds is 8. The van der Waals surface area contributed by atoms with Crippen LogP contribution in [0.4, 0.5) is 24.8 Å². The molecule has 0 aliphatic carbocycles. The number of pyridine rings is 1. The van der Waals surface area contributed by atoms with Gasteiger partial charge >= 0.3 is 6.18 Å². The zero-order chi connectivity index (χ0) is 33.1. The minimum Gasteiger partial charge on any atom is -0.489 e. The van der Waals surface area contributed by atoms with Gasteiger partial charge in [0.05, 0.1) is 5.56 Å². The zero-order valence-electron chi connectivity index (χ0n) is 26.8. The van der Waals surface area contributed by atoms with Gasteiger partial charge in [0.1, 0.15) is 17.5 Å². The lowest BCUT2D eigenvalue weighted by Gasteiger charge is -2.25. The average Bonchev–Trinajstić information content (AvgIpc) is 3.11. The van der Waals surface area contributed by atoms with E-state index in [0.717, 1.165) is 69.6 Å². The van der Waals surface area contributed by atoms with Gasteiger partial charge in [-0.1, -0.05) is 12.1 Å². The first-order valence-corrected chi connectivity index (χ1v) is 17.0. The standard InChI is InChI=1S/C36H41F3N6O3/c37-36(38,39)32-18-24(25-3-1-13-40-19-25)5-10-30(32)31-17-26-20-42-35(44-33(26)45(34(31)46)22-23-11-15-47-16-12-23)43-27-6-8-28(9-7-27)48-29-4-2-14-41-21-29/h5-10,17-18,20,23,25,29,40-41H,1-4,11-16,19,21-22H2,(H,42,43,44). The second-order valence-corrected chi connectivity index (χ2v) is 13.1. The molecule has 0 amide bonds. The zero-order valence-corrected chi connectivity index (χ0v) is 26.8. The smallest absolute Gasteiger partial charge is 0.417 e. The Hall–Kier alpha value is -4.00. The monoisotopic (exact) mass is 662 g/mol. The number of aromatic nitrogens is 3. The average molecular weight is 663 g/mol. The number of benzene rings is 2. The predicted molar refractivity (Wildman–Crippen MR) is 179 cm³/mol. The van der Waals surface area contributed by atoms with Gasteiger partial charge in [-0.15, -0.1) is 0 Å². The van der Waals surface area contributed by atoms with Crippen molar-refractivity contribution in [1.29, 1.82) is 0 Å². The van der Waals surface area contributed by atoms with Gasteiger partial charge in [0.25, 0.3) is 5.56 Å². The Morgan fingerprint density at radius 3 is 2.42 bits per heavy atom. The number of hydrogen-bond acceptors (Lipinski definition) is 8. The van der Waals surface area contributed by atoms with Crippen LogP contribution in [0.15, 0.2) is 59.5 Å². The van der Waals surface area contributed by atoms with Crippen LogP contribution in [0.3, 0.4) is 0 Å². The number of anilines is 2. The Kier molecular flexibility index (Phi) is 9.65. The molecule has 2 atom stereocenters. The normalized spacial score (nSPS) is 20.9. The summed E-state index contributed by atoms with van der Waals surface area (Å²) in [6, 6.07) is 13.5. The molecule has 254 valence electrons. The molecule has 12 heteroatoms. The third-order valence-electron chi connectivity index (χ3n) is 9.68. The molecular weight excluding hydrogens is 621 g/mol. The topological polar surface area (TPSA) is 102 Å². The summed E-state index contributed by atoms with van der Waals surface area (Å²) >= 11 is 0. The van der Waals surface area contributed by atoms with Crippen molar-refractivity contribution < 1.29 is 22.6 Å². The number of nitrogens with one attached hydrogen (secondary N) is 3. The summed E-state index contributed by atoms with van der Waals surface area (Å²) in [5.74, 6) is 1.17. The summed E-state index contributed by atoms with van der Waals surface area (Å²) in [7, 11) is 0. The second-order valence-electron chi connectivity index (χ2n) is 13.1. The van der Waals surface area contributed by atoms with Gasteiger partial charge in [-0.25, -0.2) is 4.98 Å². The molecular formula is C36H41F3N6O3. The van der Waals surface area contributed by atoms with Crippen LogP contribution in [-0.4, -0.2) is 60.0 Å². The Morgan fingerprint density at radius 2 is 1.71 bits per heavy atom. The lowest BCUT2D eigenvalue weighted by atomic mass is 9.88. The lowest BCUT2D eigenvalue weighted by molar-refractivity contribution is -0.137. The summed E-state index contributed by atoms with van der Waals surface area (Å²) in [6.45, 7) is 4.80. The van der Waals surface area contributed by atoms with Crippen molar-refractivity contribution in [2.75, 3.05) is 44.7 Å². The maximum Gasteiger partial charge on any atom is 0.417 e. The van der Waals surface area contributed by atoms with E-state index in [1.165, 1.54) is 22.8 Å². The maximum absolute atomic E-state index is 14.6. The molecule has 48 heavy (non-hydrogen) atoms. The first kappa shape index (κ1) is 32.5. The van der Waals surface area contributed by atoms with Crippen LogP contribution in [0.1, 0.15) is 55.6 Å². The molecule has 3 fully saturated rings. The summed E-state index contributed by atoms with van der Waals surface area (Å²) in [6.07, 6.45) is 2.38. The highest BCUT2D eigenvalue weighted by molar-refractivity contribution is 5.83. The van der Waals surface area contributed by atoms with Gasteiger partial charge in [0.15, 0.2) is 0 Å². The van der Waals surface area contributed by atoms with Crippen molar-refractivity contribution >= 4 is 22.7 Å². The highest BCUT2D eigenvalue weighted by Crippen LogP contribution is 2.39. The minimum absolute atomic E-state index is 0.00655. The third-order valence-corrected chi connectivity index (χ3v) is 9.68. The number of halogens is 3. The van der Waals surface area contributed by atoms with Crippen LogP contribution in [0.5, 0.6) is 5.75 Å². The van der Waals surface area contributed by atoms with Crippen LogP contribution in [0, 0.1) is 5.92 Å². The summed E-state index contributed by atoms with van der Waals surface area (Å²) in [5.41, 5.74) is 0.295. The molecule has 9 nitrogen and oxygen atoms in total. The summed E-state index contributed by atoms with van der Waals surface area (Å²) in [4.78, 5) is 23.5. The van der Waals surface area contributed by atoms with Crippen LogP contribution in [0.2, 0.25) is 0 Å². The molecule has 3 aliphatic heterocycles. The Balaban J connectivity index is 1.24. The van der Waals surface area contributed by atoms with Crippen molar-refractivity contribution in [2.45, 2.75) is 63.3 Å². The Labute approximate surface area is 277 Å². The maximum atomic E-state index is 14.6. The molecule has 0 bridgehead atoms. The van der Waals surface area contributed by atoms with Crippen molar-refractivity contribution in [3.8, 4) is 16.9 Å². The van der Waals surface area contributed by atoms with Crippen molar-refractivity contribution in [3.05, 3.63) is 76.2 Å².